The zero-order valence-electron chi connectivity index (χ0n) is 16.8. The van der Waals surface area contributed by atoms with E-state index in [2.05, 4.69) is 35.0 Å². The summed E-state index contributed by atoms with van der Waals surface area (Å²) in [6, 6.07) is 16.4. The molecule has 2 heterocycles. The first-order valence-electron chi connectivity index (χ1n) is 10.1. The smallest absolute Gasteiger partial charge is 0.254 e. The van der Waals surface area contributed by atoms with Gasteiger partial charge in [-0.15, -0.1) is 0 Å². The van der Waals surface area contributed by atoms with Crippen molar-refractivity contribution in [2.24, 2.45) is 0 Å². The number of anilines is 1. The highest BCUT2D eigenvalue weighted by atomic mass is 16.5. The van der Waals surface area contributed by atoms with E-state index in [1.54, 1.807) is 7.11 Å². The highest BCUT2D eigenvalue weighted by molar-refractivity contribution is 5.95. The largest absolute Gasteiger partial charge is 0.497 e. The number of hydrogen-bond donors (Lipinski definition) is 0. The van der Waals surface area contributed by atoms with E-state index in [1.165, 1.54) is 5.69 Å². The Balaban J connectivity index is 1.48. The van der Waals surface area contributed by atoms with Crippen molar-refractivity contribution in [2.45, 2.75) is 18.9 Å². The topological polar surface area (TPSA) is 36.0 Å². The van der Waals surface area contributed by atoms with Gasteiger partial charge >= 0.3 is 0 Å². The van der Waals surface area contributed by atoms with Gasteiger partial charge < -0.3 is 19.4 Å². The highest BCUT2D eigenvalue weighted by Crippen LogP contribution is 2.34. The first-order chi connectivity index (χ1) is 13.7. The lowest BCUT2D eigenvalue weighted by atomic mass is 10.0. The summed E-state index contributed by atoms with van der Waals surface area (Å²) in [7, 11) is 3.84. The van der Waals surface area contributed by atoms with Crippen LogP contribution in [0.1, 0.15) is 34.8 Å². The maximum absolute atomic E-state index is 13.2. The number of methoxy groups -OCH3 is 1. The van der Waals surface area contributed by atoms with Gasteiger partial charge in [-0.05, 0) is 61.9 Å². The van der Waals surface area contributed by atoms with E-state index in [1.807, 2.05) is 35.2 Å². The SMILES string of the molecule is COc1cccc(C2CCCN2C(=O)c2ccc(N3CCN(C)CC3)cc2)c1. The van der Waals surface area contributed by atoms with E-state index >= 15 is 0 Å². The first-order valence-corrected chi connectivity index (χ1v) is 10.1. The van der Waals surface area contributed by atoms with E-state index in [4.69, 9.17) is 4.74 Å². The Morgan fingerprint density at radius 2 is 1.75 bits per heavy atom. The summed E-state index contributed by atoms with van der Waals surface area (Å²) in [5.41, 5.74) is 3.13. The van der Waals surface area contributed by atoms with Crippen LogP contribution in [0.5, 0.6) is 5.75 Å². The van der Waals surface area contributed by atoms with Gasteiger partial charge in [0, 0.05) is 44.0 Å². The number of nitrogens with zero attached hydrogens (tertiary/aromatic N) is 3. The Hall–Kier alpha value is -2.53. The summed E-state index contributed by atoms with van der Waals surface area (Å²) in [5, 5.41) is 0. The van der Waals surface area contributed by atoms with E-state index < -0.39 is 0 Å². The normalized spacial score (nSPS) is 20.4. The number of carbonyl (C=O) groups is 1. The Labute approximate surface area is 167 Å². The van der Waals surface area contributed by atoms with Crippen molar-refractivity contribution in [1.82, 2.24) is 9.80 Å². The molecule has 4 rings (SSSR count). The molecule has 2 fully saturated rings. The molecule has 0 spiro atoms. The summed E-state index contributed by atoms with van der Waals surface area (Å²) in [4.78, 5) is 19.9. The van der Waals surface area contributed by atoms with Crippen molar-refractivity contribution in [3.8, 4) is 5.75 Å². The number of carbonyl (C=O) groups excluding carboxylic acids is 1. The summed E-state index contributed by atoms with van der Waals surface area (Å²) in [5.74, 6) is 0.962. The number of likely N-dealkylation sites (N-methyl/N-ethyl adjacent to an activating group) is 1. The molecule has 0 saturated carbocycles. The predicted octanol–water partition coefficient (Wildman–Crippen LogP) is 3.42. The van der Waals surface area contributed by atoms with Crippen LogP contribution in [-0.4, -0.2) is 62.6 Å². The molecule has 2 aromatic rings. The number of rotatable bonds is 4. The van der Waals surface area contributed by atoms with Crippen LogP contribution < -0.4 is 9.64 Å². The van der Waals surface area contributed by atoms with Crippen LogP contribution in [0.15, 0.2) is 48.5 Å². The second kappa shape index (κ2) is 8.23. The molecule has 148 valence electrons. The summed E-state index contributed by atoms with van der Waals surface area (Å²) in [6.07, 6.45) is 2.03. The number of piperazine rings is 1. The minimum absolute atomic E-state index is 0.121. The molecule has 2 aliphatic heterocycles. The third-order valence-corrected chi connectivity index (χ3v) is 5.97. The van der Waals surface area contributed by atoms with Gasteiger partial charge in [-0.1, -0.05) is 12.1 Å². The lowest BCUT2D eigenvalue weighted by molar-refractivity contribution is 0.0735. The number of amides is 1. The molecule has 0 radical (unpaired) electrons. The summed E-state index contributed by atoms with van der Waals surface area (Å²) < 4.78 is 5.36. The average Bonchev–Trinajstić information content (AvgIpc) is 3.24. The molecule has 2 aliphatic rings. The molecular formula is C23H29N3O2. The van der Waals surface area contributed by atoms with Gasteiger partial charge in [0.2, 0.25) is 0 Å². The van der Waals surface area contributed by atoms with Gasteiger partial charge in [-0.25, -0.2) is 0 Å². The van der Waals surface area contributed by atoms with Crippen molar-refractivity contribution < 1.29 is 9.53 Å². The summed E-state index contributed by atoms with van der Waals surface area (Å²) in [6.45, 7) is 5.04. The third-order valence-electron chi connectivity index (χ3n) is 5.97. The zero-order valence-corrected chi connectivity index (χ0v) is 16.8. The fourth-order valence-electron chi connectivity index (χ4n) is 4.25. The Bertz CT molecular complexity index is 813. The maximum Gasteiger partial charge on any atom is 0.254 e. The van der Waals surface area contributed by atoms with Crippen LogP contribution in [0.25, 0.3) is 0 Å². The van der Waals surface area contributed by atoms with Gasteiger partial charge in [0.25, 0.3) is 5.91 Å². The lowest BCUT2D eigenvalue weighted by Gasteiger charge is -2.34. The maximum atomic E-state index is 13.2. The Morgan fingerprint density at radius 1 is 1.00 bits per heavy atom. The fourth-order valence-corrected chi connectivity index (χ4v) is 4.25. The molecule has 5 heteroatoms. The molecule has 1 atom stereocenters. The molecule has 2 aromatic carbocycles. The molecule has 0 aliphatic carbocycles. The average molecular weight is 380 g/mol. The van der Waals surface area contributed by atoms with Gasteiger partial charge in [0.1, 0.15) is 5.75 Å². The van der Waals surface area contributed by atoms with E-state index in [-0.39, 0.29) is 11.9 Å². The quantitative estimate of drug-likeness (QED) is 0.816. The number of likely N-dealkylation sites (tertiary alicyclic amines) is 1. The van der Waals surface area contributed by atoms with Crippen molar-refractivity contribution in [2.75, 3.05) is 51.8 Å². The monoisotopic (exact) mass is 379 g/mol. The van der Waals surface area contributed by atoms with Gasteiger partial charge in [0.05, 0.1) is 13.2 Å². The van der Waals surface area contributed by atoms with Crippen LogP contribution >= 0.6 is 0 Å². The second-order valence-corrected chi connectivity index (χ2v) is 7.77. The second-order valence-electron chi connectivity index (χ2n) is 7.77. The predicted molar refractivity (Wildman–Crippen MR) is 112 cm³/mol. The van der Waals surface area contributed by atoms with Gasteiger partial charge in [-0.3, -0.25) is 4.79 Å². The standard InChI is InChI=1S/C23H29N3O2/c1-24-13-15-25(16-14-24)20-10-8-18(9-11-20)23(27)26-12-4-7-22(26)19-5-3-6-21(17-19)28-2/h3,5-6,8-11,17,22H,4,7,12-16H2,1-2H3. The minimum Gasteiger partial charge on any atom is -0.497 e. The Kier molecular flexibility index (Phi) is 5.53. The highest BCUT2D eigenvalue weighted by Gasteiger charge is 2.30. The van der Waals surface area contributed by atoms with E-state index in [0.717, 1.165) is 62.4 Å². The van der Waals surface area contributed by atoms with E-state index in [0.29, 0.717) is 0 Å². The van der Waals surface area contributed by atoms with Crippen LogP contribution in [0, 0.1) is 0 Å². The molecule has 28 heavy (non-hydrogen) atoms. The molecule has 0 N–H and O–H groups in total. The number of ether oxygens (including phenoxy) is 1. The first kappa shape index (κ1) is 18.8. The molecular weight excluding hydrogens is 350 g/mol. The molecule has 1 unspecified atom stereocenters. The van der Waals surface area contributed by atoms with Crippen LogP contribution in [0.3, 0.4) is 0 Å². The minimum atomic E-state index is 0.121. The molecule has 2 saturated heterocycles. The van der Waals surface area contributed by atoms with Gasteiger partial charge in [-0.2, -0.15) is 0 Å². The zero-order chi connectivity index (χ0) is 19.5. The number of hydrogen-bond acceptors (Lipinski definition) is 4. The molecule has 1 amide bonds. The number of benzene rings is 2. The van der Waals surface area contributed by atoms with E-state index in [9.17, 15) is 4.79 Å². The molecule has 0 bridgehead atoms. The van der Waals surface area contributed by atoms with Crippen molar-refractivity contribution in [3.05, 3.63) is 59.7 Å². The van der Waals surface area contributed by atoms with Crippen molar-refractivity contribution >= 4 is 11.6 Å². The van der Waals surface area contributed by atoms with Crippen molar-refractivity contribution in [1.29, 1.82) is 0 Å². The Morgan fingerprint density at radius 3 is 2.46 bits per heavy atom. The third kappa shape index (κ3) is 3.85. The molecule has 0 aromatic heterocycles. The van der Waals surface area contributed by atoms with Crippen LogP contribution in [0.2, 0.25) is 0 Å². The van der Waals surface area contributed by atoms with Crippen molar-refractivity contribution in [3.63, 3.8) is 0 Å². The lowest BCUT2D eigenvalue weighted by Crippen LogP contribution is -2.44. The van der Waals surface area contributed by atoms with Crippen LogP contribution in [0.4, 0.5) is 5.69 Å². The summed E-state index contributed by atoms with van der Waals surface area (Å²) >= 11 is 0. The fraction of sp³-hybridized carbons (Fsp3) is 0.435. The molecule has 5 nitrogen and oxygen atoms in total. The van der Waals surface area contributed by atoms with Crippen LogP contribution in [-0.2, 0) is 0 Å². The van der Waals surface area contributed by atoms with Gasteiger partial charge in [0.15, 0.2) is 0 Å².